The van der Waals surface area contributed by atoms with Gasteiger partial charge in [0.1, 0.15) is 23.6 Å². The van der Waals surface area contributed by atoms with Crippen molar-refractivity contribution in [2.75, 3.05) is 18.0 Å². The molecule has 1 aromatic carbocycles. The fourth-order valence-corrected chi connectivity index (χ4v) is 3.04. The lowest BCUT2D eigenvalue weighted by molar-refractivity contribution is 0.0269. The largest absolute Gasteiger partial charge is 0.457 e. The normalized spacial score (nSPS) is 17.2. The molecule has 1 fully saturated rings. The fraction of sp³-hybridized carbons (Fsp3) is 0.389. The Morgan fingerprint density at radius 2 is 2.28 bits per heavy atom. The molecule has 1 saturated heterocycles. The highest BCUT2D eigenvalue weighted by Crippen LogP contribution is 2.26. The van der Waals surface area contributed by atoms with Gasteiger partial charge >= 0.3 is 5.97 Å². The van der Waals surface area contributed by atoms with Crippen molar-refractivity contribution in [2.45, 2.75) is 25.9 Å². The first-order chi connectivity index (χ1) is 12.0. The summed E-state index contributed by atoms with van der Waals surface area (Å²) < 4.78 is 20.6. The van der Waals surface area contributed by atoms with Gasteiger partial charge in [0.25, 0.3) is 0 Å². The van der Waals surface area contributed by atoms with E-state index in [1.54, 1.807) is 17.8 Å². The molecule has 1 atom stereocenters. The molecule has 0 saturated carbocycles. The van der Waals surface area contributed by atoms with Crippen LogP contribution in [-0.2, 0) is 11.8 Å². The second-order valence-electron chi connectivity index (χ2n) is 6.16. The smallest absolute Gasteiger partial charge is 0.341 e. The second-order valence-corrected chi connectivity index (χ2v) is 6.16. The van der Waals surface area contributed by atoms with Crippen LogP contribution < -0.4 is 4.90 Å². The van der Waals surface area contributed by atoms with E-state index in [0.717, 1.165) is 25.1 Å². The van der Waals surface area contributed by atoms with Gasteiger partial charge in [-0.1, -0.05) is 0 Å². The van der Waals surface area contributed by atoms with Gasteiger partial charge in [0.15, 0.2) is 0 Å². The number of aromatic nitrogens is 2. The third-order valence-electron chi connectivity index (χ3n) is 4.53. The Morgan fingerprint density at radius 3 is 2.96 bits per heavy atom. The number of carbonyl (C=O) groups excluding carboxylic acids is 1. The Labute approximate surface area is 145 Å². The van der Waals surface area contributed by atoms with Gasteiger partial charge in [0.2, 0.25) is 0 Å². The van der Waals surface area contributed by atoms with Gasteiger partial charge in [-0.25, -0.2) is 9.18 Å². The molecule has 2 aromatic rings. The van der Waals surface area contributed by atoms with Gasteiger partial charge in [0, 0.05) is 19.3 Å². The maximum absolute atomic E-state index is 13.3. The zero-order valence-corrected chi connectivity index (χ0v) is 14.2. The lowest BCUT2D eigenvalue weighted by Gasteiger charge is -2.34. The topological polar surface area (TPSA) is 71.2 Å². The van der Waals surface area contributed by atoms with Crippen molar-refractivity contribution in [3.63, 3.8) is 0 Å². The minimum Gasteiger partial charge on any atom is -0.457 e. The van der Waals surface area contributed by atoms with Crippen molar-refractivity contribution in [3.8, 4) is 6.07 Å². The van der Waals surface area contributed by atoms with E-state index in [0.29, 0.717) is 17.8 Å². The minimum atomic E-state index is -0.438. The summed E-state index contributed by atoms with van der Waals surface area (Å²) in [5, 5.41) is 13.3. The Hall–Kier alpha value is -2.88. The van der Waals surface area contributed by atoms with Crippen LogP contribution in [0.4, 0.5) is 10.1 Å². The van der Waals surface area contributed by atoms with Gasteiger partial charge < -0.3 is 9.64 Å². The number of nitrogens with zero attached hydrogens (tertiary/aromatic N) is 4. The summed E-state index contributed by atoms with van der Waals surface area (Å²) >= 11 is 0. The summed E-state index contributed by atoms with van der Waals surface area (Å²) in [4.78, 5) is 14.3. The second kappa shape index (κ2) is 6.93. The summed E-state index contributed by atoms with van der Waals surface area (Å²) in [5.41, 5.74) is 2.17. The molecule has 0 amide bonds. The standard InChI is InChI=1S/C18H19FN4O2/c1-12-16(10-21-22(12)2)18(24)25-15-4-3-7-23(11-15)17-6-5-14(19)8-13(17)9-20/h5-6,8,10,15H,3-4,7,11H2,1-2H3. The van der Waals surface area contributed by atoms with E-state index in [9.17, 15) is 14.4 Å². The molecular weight excluding hydrogens is 323 g/mol. The average Bonchev–Trinajstić information content (AvgIpc) is 2.94. The number of aryl methyl sites for hydroxylation is 1. The lowest BCUT2D eigenvalue weighted by atomic mass is 10.1. The third kappa shape index (κ3) is 3.48. The molecular formula is C18H19FN4O2. The van der Waals surface area contributed by atoms with E-state index in [-0.39, 0.29) is 11.7 Å². The van der Waals surface area contributed by atoms with Gasteiger partial charge in [-0.05, 0) is 38.0 Å². The molecule has 0 radical (unpaired) electrons. The fourth-order valence-electron chi connectivity index (χ4n) is 3.04. The van der Waals surface area contributed by atoms with Crippen molar-refractivity contribution in [3.05, 3.63) is 47.0 Å². The number of esters is 1. The van der Waals surface area contributed by atoms with Crippen molar-refractivity contribution < 1.29 is 13.9 Å². The maximum Gasteiger partial charge on any atom is 0.341 e. The number of piperidine rings is 1. The van der Waals surface area contributed by atoms with Gasteiger partial charge in [-0.3, -0.25) is 4.68 Å². The first-order valence-corrected chi connectivity index (χ1v) is 8.13. The van der Waals surface area contributed by atoms with Crippen LogP contribution >= 0.6 is 0 Å². The van der Waals surface area contributed by atoms with Crippen LogP contribution in [0.1, 0.15) is 34.5 Å². The van der Waals surface area contributed by atoms with Crippen LogP contribution in [0.5, 0.6) is 0 Å². The summed E-state index contributed by atoms with van der Waals surface area (Å²) in [6.07, 6.45) is 2.81. The number of rotatable bonds is 3. The van der Waals surface area contributed by atoms with Gasteiger partial charge in [0.05, 0.1) is 24.0 Å². The molecule has 6 nitrogen and oxygen atoms in total. The molecule has 130 valence electrons. The SMILES string of the molecule is Cc1c(C(=O)OC2CCCN(c3ccc(F)cc3C#N)C2)cnn1C. The zero-order chi connectivity index (χ0) is 18.0. The molecule has 2 heterocycles. The monoisotopic (exact) mass is 342 g/mol. The van der Waals surface area contributed by atoms with Crippen molar-refractivity contribution in [2.24, 2.45) is 7.05 Å². The molecule has 1 aromatic heterocycles. The lowest BCUT2D eigenvalue weighted by Crippen LogP contribution is -2.41. The van der Waals surface area contributed by atoms with E-state index in [2.05, 4.69) is 5.10 Å². The molecule has 25 heavy (non-hydrogen) atoms. The van der Waals surface area contributed by atoms with Crippen molar-refractivity contribution in [1.29, 1.82) is 5.26 Å². The first-order valence-electron chi connectivity index (χ1n) is 8.13. The zero-order valence-electron chi connectivity index (χ0n) is 14.2. The first kappa shape index (κ1) is 17.0. The number of benzene rings is 1. The molecule has 1 aliphatic rings. The number of anilines is 1. The van der Waals surface area contributed by atoms with Crippen LogP contribution in [-0.4, -0.2) is 34.9 Å². The van der Waals surface area contributed by atoms with Gasteiger partial charge in [-0.15, -0.1) is 0 Å². The van der Waals surface area contributed by atoms with E-state index < -0.39 is 11.8 Å². The Morgan fingerprint density at radius 1 is 1.48 bits per heavy atom. The Balaban J connectivity index is 1.73. The Bertz CT molecular complexity index is 840. The number of nitriles is 1. The van der Waals surface area contributed by atoms with E-state index in [1.165, 1.54) is 18.3 Å². The highest BCUT2D eigenvalue weighted by Gasteiger charge is 2.26. The molecule has 0 N–H and O–H groups in total. The van der Waals surface area contributed by atoms with Crippen LogP contribution in [0.2, 0.25) is 0 Å². The highest BCUT2D eigenvalue weighted by molar-refractivity contribution is 5.90. The third-order valence-corrected chi connectivity index (χ3v) is 4.53. The van der Waals surface area contributed by atoms with Crippen LogP contribution in [0.3, 0.4) is 0 Å². The maximum atomic E-state index is 13.3. The predicted octanol–water partition coefficient (Wildman–Crippen LogP) is 2.57. The van der Waals surface area contributed by atoms with Crippen molar-refractivity contribution >= 4 is 11.7 Å². The van der Waals surface area contributed by atoms with Crippen LogP contribution in [0.15, 0.2) is 24.4 Å². The summed E-state index contributed by atoms with van der Waals surface area (Å²) in [7, 11) is 1.77. The molecule has 1 unspecified atom stereocenters. The molecule has 1 aliphatic heterocycles. The average molecular weight is 342 g/mol. The van der Waals surface area contributed by atoms with Crippen LogP contribution in [0.25, 0.3) is 0 Å². The number of ether oxygens (including phenoxy) is 1. The van der Waals surface area contributed by atoms with Crippen molar-refractivity contribution in [1.82, 2.24) is 9.78 Å². The predicted molar refractivity (Wildman–Crippen MR) is 89.7 cm³/mol. The number of hydrogen-bond donors (Lipinski definition) is 0. The number of hydrogen-bond acceptors (Lipinski definition) is 5. The van der Waals surface area contributed by atoms with E-state index in [1.807, 2.05) is 17.9 Å². The van der Waals surface area contributed by atoms with Gasteiger partial charge in [-0.2, -0.15) is 10.4 Å². The molecule has 3 rings (SSSR count). The molecule has 0 bridgehead atoms. The Kier molecular flexibility index (Phi) is 4.70. The molecule has 7 heteroatoms. The van der Waals surface area contributed by atoms with E-state index >= 15 is 0 Å². The van der Waals surface area contributed by atoms with E-state index in [4.69, 9.17) is 4.74 Å². The minimum absolute atomic E-state index is 0.280. The molecule has 0 aliphatic carbocycles. The number of halogens is 1. The number of carbonyl (C=O) groups is 1. The summed E-state index contributed by atoms with van der Waals surface area (Å²) in [6, 6.07) is 6.19. The highest BCUT2D eigenvalue weighted by atomic mass is 19.1. The summed E-state index contributed by atoms with van der Waals surface area (Å²) in [6.45, 7) is 3.03. The van der Waals surface area contributed by atoms with Crippen LogP contribution in [0, 0.1) is 24.1 Å². The molecule has 0 spiro atoms. The summed E-state index contributed by atoms with van der Waals surface area (Å²) in [5.74, 6) is -0.829. The quantitative estimate of drug-likeness (QED) is 0.802.